The van der Waals surface area contributed by atoms with E-state index < -0.39 is 12.0 Å². The van der Waals surface area contributed by atoms with E-state index in [1.807, 2.05) is 6.26 Å². The van der Waals surface area contributed by atoms with Gasteiger partial charge >= 0.3 is 5.97 Å². The summed E-state index contributed by atoms with van der Waals surface area (Å²) in [4.78, 5) is 22.9. The third kappa shape index (κ3) is 16.5. The van der Waals surface area contributed by atoms with E-state index in [9.17, 15) is 9.59 Å². The largest absolute Gasteiger partial charge is 0.480 e. The number of amides is 1. The minimum atomic E-state index is -0.939. The molecule has 0 rings (SSSR count). The van der Waals surface area contributed by atoms with Gasteiger partial charge in [0.25, 0.3) is 0 Å². The molecule has 0 aliphatic rings. The van der Waals surface area contributed by atoms with Crippen molar-refractivity contribution in [3.05, 3.63) is 12.2 Å². The molecule has 26 heavy (non-hydrogen) atoms. The van der Waals surface area contributed by atoms with Gasteiger partial charge in [-0.05, 0) is 50.5 Å². The number of carboxylic acid groups (broad SMARTS) is 1. The third-order valence-corrected chi connectivity index (χ3v) is 5.05. The van der Waals surface area contributed by atoms with Crippen LogP contribution in [0.4, 0.5) is 0 Å². The fraction of sp³-hybridized carbons (Fsp3) is 0.810. The molecular weight excluding hydrogens is 346 g/mol. The highest BCUT2D eigenvalue weighted by Gasteiger charge is 2.18. The molecule has 0 aliphatic carbocycles. The van der Waals surface area contributed by atoms with Gasteiger partial charge < -0.3 is 10.4 Å². The zero-order chi connectivity index (χ0) is 19.5. The Hall–Kier alpha value is -0.970. The van der Waals surface area contributed by atoms with Crippen molar-refractivity contribution in [1.82, 2.24) is 5.32 Å². The predicted molar refractivity (Wildman–Crippen MR) is 113 cm³/mol. The lowest BCUT2D eigenvalue weighted by molar-refractivity contribution is -0.141. The summed E-state index contributed by atoms with van der Waals surface area (Å²) in [7, 11) is 0. The van der Waals surface area contributed by atoms with Crippen molar-refractivity contribution in [2.24, 2.45) is 0 Å². The van der Waals surface area contributed by atoms with E-state index in [1.165, 1.54) is 44.9 Å². The summed E-state index contributed by atoms with van der Waals surface area (Å²) >= 11 is 1.59. The molecule has 0 radical (unpaired) electrons. The van der Waals surface area contributed by atoms with Crippen LogP contribution in [0.2, 0.25) is 0 Å². The lowest BCUT2D eigenvalue weighted by Crippen LogP contribution is -2.41. The number of hydrogen-bond acceptors (Lipinski definition) is 3. The first-order valence-electron chi connectivity index (χ1n) is 10.3. The Morgan fingerprint density at radius 2 is 1.54 bits per heavy atom. The van der Waals surface area contributed by atoms with Gasteiger partial charge in [0, 0.05) is 6.42 Å². The number of carbonyl (C=O) groups excluding carboxylic acids is 1. The maximum Gasteiger partial charge on any atom is 0.326 e. The number of unbranched alkanes of at least 4 members (excludes halogenated alkanes) is 9. The maximum absolute atomic E-state index is 11.8. The summed E-state index contributed by atoms with van der Waals surface area (Å²) in [6.07, 6.45) is 20.6. The van der Waals surface area contributed by atoms with E-state index in [1.54, 1.807) is 11.8 Å². The van der Waals surface area contributed by atoms with Gasteiger partial charge in [0.1, 0.15) is 6.04 Å². The Bertz CT molecular complexity index is 385. The highest BCUT2D eigenvalue weighted by Crippen LogP contribution is 2.09. The van der Waals surface area contributed by atoms with Crippen molar-refractivity contribution in [3.63, 3.8) is 0 Å². The predicted octanol–water partition coefficient (Wildman–Crippen LogP) is 5.57. The highest BCUT2D eigenvalue weighted by atomic mass is 32.2. The van der Waals surface area contributed by atoms with Gasteiger partial charge in [-0.1, -0.05) is 57.6 Å². The molecule has 0 aromatic carbocycles. The second-order valence-electron chi connectivity index (χ2n) is 6.87. The van der Waals surface area contributed by atoms with Gasteiger partial charge in [-0.3, -0.25) is 4.79 Å². The van der Waals surface area contributed by atoms with Crippen LogP contribution in [0, 0.1) is 0 Å². The summed E-state index contributed by atoms with van der Waals surface area (Å²) in [5.74, 6) is -0.333. The van der Waals surface area contributed by atoms with Crippen molar-refractivity contribution in [3.8, 4) is 0 Å². The summed E-state index contributed by atoms with van der Waals surface area (Å²) < 4.78 is 0. The fourth-order valence-corrected chi connectivity index (χ4v) is 3.23. The highest BCUT2D eigenvalue weighted by molar-refractivity contribution is 7.98. The molecule has 5 heteroatoms. The minimum absolute atomic E-state index is 0.135. The third-order valence-electron chi connectivity index (χ3n) is 4.41. The first kappa shape index (κ1) is 25.0. The lowest BCUT2D eigenvalue weighted by atomic mass is 10.1. The smallest absolute Gasteiger partial charge is 0.326 e. The number of aliphatic carboxylic acids is 1. The summed E-state index contributed by atoms with van der Waals surface area (Å²) in [5, 5.41) is 11.7. The van der Waals surface area contributed by atoms with Crippen molar-refractivity contribution in [2.75, 3.05) is 12.0 Å². The number of allylic oxidation sites excluding steroid dienone is 2. The summed E-state index contributed by atoms with van der Waals surface area (Å²) in [6.45, 7) is 2.24. The van der Waals surface area contributed by atoms with E-state index in [-0.39, 0.29) is 5.91 Å². The topological polar surface area (TPSA) is 66.4 Å². The Balaban J connectivity index is 3.52. The molecule has 0 saturated heterocycles. The number of rotatable bonds is 18. The monoisotopic (exact) mass is 385 g/mol. The van der Waals surface area contributed by atoms with E-state index >= 15 is 0 Å². The second-order valence-corrected chi connectivity index (χ2v) is 7.85. The maximum atomic E-state index is 11.8. The van der Waals surface area contributed by atoms with Gasteiger partial charge in [-0.2, -0.15) is 11.8 Å². The van der Waals surface area contributed by atoms with Gasteiger partial charge in [-0.25, -0.2) is 4.79 Å². The zero-order valence-electron chi connectivity index (χ0n) is 16.8. The van der Waals surface area contributed by atoms with Crippen LogP contribution in [0.25, 0.3) is 0 Å². The number of carboxylic acids is 1. The lowest BCUT2D eigenvalue weighted by Gasteiger charge is -2.13. The van der Waals surface area contributed by atoms with Gasteiger partial charge in [-0.15, -0.1) is 0 Å². The minimum Gasteiger partial charge on any atom is -0.480 e. The molecule has 0 spiro atoms. The van der Waals surface area contributed by atoms with E-state index in [2.05, 4.69) is 24.4 Å². The van der Waals surface area contributed by atoms with Gasteiger partial charge in [0.05, 0.1) is 0 Å². The Morgan fingerprint density at radius 3 is 2.12 bits per heavy atom. The Kier molecular flexibility index (Phi) is 18.1. The van der Waals surface area contributed by atoms with Crippen LogP contribution in [0.5, 0.6) is 0 Å². The molecule has 152 valence electrons. The number of hydrogen-bond donors (Lipinski definition) is 2. The van der Waals surface area contributed by atoms with Crippen molar-refractivity contribution in [2.45, 2.75) is 96.4 Å². The molecule has 2 N–H and O–H groups in total. The van der Waals surface area contributed by atoms with Crippen LogP contribution in [0.1, 0.15) is 90.4 Å². The molecular formula is C21H39NO3S. The molecule has 0 fully saturated rings. The number of thioether (sulfide) groups is 1. The van der Waals surface area contributed by atoms with E-state index in [0.29, 0.717) is 12.8 Å². The van der Waals surface area contributed by atoms with Crippen LogP contribution in [-0.4, -0.2) is 35.0 Å². The Morgan fingerprint density at radius 1 is 0.962 bits per heavy atom. The van der Waals surface area contributed by atoms with E-state index in [4.69, 9.17) is 5.11 Å². The molecule has 0 aromatic rings. The van der Waals surface area contributed by atoms with Crippen LogP contribution in [0.15, 0.2) is 12.2 Å². The standard InChI is InChI=1S/C21H39NO3S/c1-3-4-5-6-7-8-9-10-11-12-13-14-15-16-20(23)22-19(21(24)25)17-18-26-2/h8-9,19H,3-7,10-18H2,1-2H3,(H,22,23)(H,24,25). The van der Waals surface area contributed by atoms with Gasteiger partial charge in [0.15, 0.2) is 0 Å². The Labute approximate surface area is 164 Å². The normalized spacial score (nSPS) is 12.4. The van der Waals surface area contributed by atoms with Crippen LogP contribution in [0.3, 0.4) is 0 Å². The summed E-state index contributed by atoms with van der Waals surface area (Å²) in [5.41, 5.74) is 0. The molecule has 4 nitrogen and oxygen atoms in total. The molecule has 0 saturated carbocycles. The van der Waals surface area contributed by atoms with Crippen LogP contribution >= 0.6 is 11.8 Å². The first-order chi connectivity index (χ1) is 12.6. The molecule has 1 atom stereocenters. The van der Waals surface area contributed by atoms with Crippen LogP contribution in [-0.2, 0) is 9.59 Å². The van der Waals surface area contributed by atoms with Crippen molar-refractivity contribution < 1.29 is 14.7 Å². The van der Waals surface area contributed by atoms with Crippen LogP contribution < -0.4 is 5.32 Å². The molecule has 0 aliphatic heterocycles. The molecule has 1 unspecified atom stereocenters. The molecule has 0 aromatic heterocycles. The molecule has 0 heterocycles. The SMILES string of the molecule is CCCCCCC=CCCCCCCCC(=O)NC(CCSC)C(=O)O. The fourth-order valence-electron chi connectivity index (χ4n) is 2.76. The average Bonchev–Trinajstić information content (AvgIpc) is 2.62. The second kappa shape index (κ2) is 18.8. The van der Waals surface area contributed by atoms with Crippen molar-refractivity contribution >= 4 is 23.6 Å². The quantitative estimate of drug-likeness (QED) is 0.239. The number of carbonyl (C=O) groups is 2. The average molecular weight is 386 g/mol. The number of nitrogens with one attached hydrogen (secondary N) is 1. The van der Waals surface area contributed by atoms with Gasteiger partial charge in [0.2, 0.25) is 5.91 Å². The summed E-state index contributed by atoms with van der Waals surface area (Å²) in [6, 6.07) is -0.747. The first-order valence-corrected chi connectivity index (χ1v) is 11.7. The van der Waals surface area contributed by atoms with Crippen molar-refractivity contribution in [1.29, 1.82) is 0 Å². The zero-order valence-corrected chi connectivity index (χ0v) is 17.6. The molecule has 0 bridgehead atoms. The van der Waals surface area contributed by atoms with E-state index in [0.717, 1.165) is 31.4 Å². The molecule has 1 amide bonds.